The van der Waals surface area contributed by atoms with E-state index in [1.54, 1.807) is 30.3 Å². The van der Waals surface area contributed by atoms with Crippen LogP contribution in [0.5, 0.6) is 0 Å². The monoisotopic (exact) mass is 516 g/mol. The zero-order chi connectivity index (χ0) is 25.3. The molecule has 0 radical (unpaired) electrons. The second-order valence-corrected chi connectivity index (χ2v) is 10.5. The molecule has 1 aliphatic heterocycles. The minimum absolute atomic E-state index is 0.0684. The predicted octanol–water partition coefficient (Wildman–Crippen LogP) is 5.01. The Morgan fingerprint density at radius 2 is 1.80 bits per heavy atom. The third-order valence-corrected chi connectivity index (χ3v) is 7.35. The molecule has 35 heavy (non-hydrogen) atoms. The maximum absolute atomic E-state index is 13.6. The van der Waals surface area contributed by atoms with E-state index in [4.69, 9.17) is 28.9 Å². The number of hydrogen-bond acceptors (Lipinski definition) is 4. The van der Waals surface area contributed by atoms with Gasteiger partial charge in [-0.1, -0.05) is 49.9 Å². The number of benzene rings is 2. The number of halogens is 2. The summed E-state index contributed by atoms with van der Waals surface area (Å²) in [4.78, 5) is 41.2. The van der Waals surface area contributed by atoms with Crippen LogP contribution in [-0.4, -0.2) is 35.8 Å². The van der Waals surface area contributed by atoms with Crippen molar-refractivity contribution < 1.29 is 14.4 Å². The highest BCUT2D eigenvalue weighted by Gasteiger charge is 2.38. The first kappa shape index (κ1) is 25.5. The standard InChI is InChI=1S/C26H30Cl2N4O3/c1-14(2)11-23-25(34)31-21-13-15(24(33)30-20-6-4-3-5-19(20)29)8-10-22(21)32(23)26(35)16-7-9-17(27)18(28)12-16/h7-10,12-14,19-20,23H,3-6,11,29H2,1-2H3,(H,30,33)(H,31,34). The normalized spacial score (nSPS) is 21.9. The molecule has 3 unspecified atom stereocenters. The van der Waals surface area contributed by atoms with E-state index in [9.17, 15) is 14.4 Å². The second-order valence-electron chi connectivity index (χ2n) is 9.70. The Hall–Kier alpha value is -2.61. The Morgan fingerprint density at radius 3 is 2.49 bits per heavy atom. The van der Waals surface area contributed by atoms with E-state index in [1.165, 1.54) is 11.0 Å². The van der Waals surface area contributed by atoms with Crippen molar-refractivity contribution in [2.75, 3.05) is 10.2 Å². The molecule has 2 aromatic carbocycles. The molecule has 1 heterocycles. The third-order valence-electron chi connectivity index (χ3n) is 6.61. The Balaban J connectivity index is 1.67. The van der Waals surface area contributed by atoms with Gasteiger partial charge in [-0.15, -0.1) is 0 Å². The lowest BCUT2D eigenvalue weighted by molar-refractivity contribution is -0.117. The minimum atomic E-state index is -0.704. The molecular weight excluding hydrogens is 487 g/mol. The number of anilines is 2. The predicted molar refractivity (Wildman–Crippen MR) is 139 cm³/mol. The van der Waals surface area contributed by atoms with Gasteiger partial charge in [0.1, 0.15) is 6.04 Å². The molecule has 4 N–H and O–H groups in total. The molecule has 2 aliphatic rings. The van der Waals surface area contributed by atoms with Gasteiger partial charge in [0, 0.05) is 23.2 Å². The highest BCUT2D eigenvalue weighted by molar-refractivity contribution is 6.42. The molecule has 0 saturated heterocycles. The summed E-state index contributed by atoms with van der Waals surface area (Å²) in [5, 5.41) is 6.52. The molecule has 3 atom stereocenters. The topological polar surface area (TPSA) is 105 Å². The van der Waals surface area contributed by atoms with Crippen LogP contribution < -0.4 is 21.3 Å². The van der Waals surface area contributed by atoms with E-state index in [0.29, 0.717) is 33.9 Å². The van der Waals surface area contributed by atoms with E-state index in [2.05, 4.69) is 10.6 Å². The Kier molecular flexibility index (Phi) is 7.69. The van der Waals surface area contributed by atoms with Crippen molar-refractivity contribution in [3.05, 3.63) is 57.6 Å². The van der Waals surface area contributed by atoms with Crippen molar-refractivity contribution in [3.8, 4) is 0 Å². The summed E-state index contributed by atoms with van der Waals surface area (Å²) in [6, 6.07) is 8.77. The summed E-state index contributed by atoms with van der Waals surface area (Å²) in [6.07, 6.45) is 4.30. The third kappa shape index (κ3) is 5.47. The van der Waals surface area contributed by atoms with E-state index < -0.39 is 6.04 Å². The molecule has 0 spiro atoms. The van der Waals surface area contributed by atoms with Gasteiger partial charge < -0.3 is 16.4 Å². The number of carbonyl (C=O) groups excluding carboxylic acids is 3. The first-order chi connectivity index (χ1) is 16.7. The van der Waals surface area contributed by atoms with E-state index in [0.717, 1.165) is 25.7 Å². The van der Waals surface area contributed by atoms with Crippen LogP contribution in [0.4, 0.5) is 11.4 Å². The summed E-state index contributed by atoms with van der Waals surface area (Å²) >= 11 is 12.2. The van der Waals surface area contributed by atoms with Crippen molar-refractivity contribution in [2.24, 2.45) is 11.7 Å². The quantitative estimate of drug-likeness (QED) is 0.519. The van der Waals surface area contributed by atoms with Crippen LogP contribution in [0.3, 0.4) is 0 Å². The smallest absolute Gasteiger partial charge is 0.259 e. The average Bonchev–Trinajstić information content (AvgIpc) is 2.81. The van der Waals surface area contributed by atoms with E-state index >= 15 is 0 Å². The number of nitrogens with one attached hydrogen (secondary N) is 2. The second kappa shape index (κ2) is 10.6. The Morgan fingerprint density at radius 1 is 1.09 bits per heavy atom. The molecule has 1 aliphatic carbocycles. The number of fused-ring (bicyclic) bond motifs is 1. The lowest BCUT2D eigenvalue weighted by atomic mass is 9.91. The molecule has 1 saturated carbocycles. The number of hydrogen-bond donors (Lipinski definition) is 3. The molecule has 9 heteroatoms. The molecule has 1 fully saturated rings. The van der Waals surface area contributed by atoms with Crippen LogP contribution in [0.15, 0.2) is 36.4 Å². The zero-order valence-corrected chi connectivity index (χ0v) is 21.3. The first-order valence-electron chi connectivity index (χ1n) is 12.0. The van der Waals surface area contributed by atoms with Crippen molar-refractivity contribution in [1.82, 2.24) is 5.32 Å². The fraction of sp³-hybridized carbons (Fsp3) is 0.423. The number of nitrogens with zero attached hydrogens (tertiary/aromatic N) is 1. The molecule has 0 aromatic heterocycles. The summed E-state index contributed by atoms with van der Waals surface area (Å²) in [7, 11) is 0. The Bertz CT molecular complexity index is 1150. The lowest BCUT2D eigenvalue weighted by Gasteiger charge is -2.37. The van der Waals surface area contributed by atoms with Gasteiger partial charge in [-0.25, -0.2) is 0 Å². The first-order valence-corrected chi connectivity index (χ1v) is 12.7. The molecule has 4 rings (SSSR count). The number of carbonyl (C=O) groups is 3. The summed E-state index contributed by atoms with van der Waals surface area (Å²) in [6.45, 7) is 3.99. The maximum Gasteiger partial charge on any atom is 0.259 e. The maximum atomic E-state index is 13.6. The zero-order valence-electron chi connectivity index (χ0n) is 19.8. The largest absolute Gasteiger partial charge is 0.348 e. The van der Waals surface area contributed by atoms with Crippen LogP contribution in [0.1, 0.15) is 66.7 Å². The average molecular weight is 517 g/mol. The molecule has 186 valence electrons. The van der Waals surface area contributed by atoms with Crippen LogP contribution in [-0.2, 0) is 4.79 Å². The number of rotatable bonds is 5. The minimum Gasteiger partial charge on any atom is -0.348 e. The van der Waals surface area contributed by atoms with Crippen molar-refractivity contribution in [1.29, 1.82) is 0 Å². The fourth-order valence-electron chi connectivity index (χ4n) is 4.76. The summed E-state index contributed by atoms with van der Waals surface area (Å²) in [5.41, 5.74) is 7.83. The molecule has 3 amide bonds. The SMILES string of the molecule is CC(C)CC1C(=O)Nc2cc(C(=O)NC3CCCCC3N)ccc2N1C(=O)c1ccc(Cl)c(Cl)c1. The summed E-state index contributed by atoms with van der Waals surface area (Å²) < 4.78 is 0. The lowest BCUT2D eigenvalue weighted by Crippen LogP contribution is -2.52. The van der Waals surface area contributed by atoms with Gasteiger partial charge in [0.2, 0.25) is 5.91 Å². The van der Waals surface area contributed by atoms with Crippen LogP contribution in [0.2, 0.25) is 10.0 Å². The van der Waals surface area contributed by atoms with Crippen LogP contribution in [0.25, 0.3) is 0 Å². The molecular formula is C26H30Cl2N4O3. The van der Waals surface area contributed by atoms with Gasteiger partial charge in [0.05, 0.1) is 21.4 Å². The van der Waals surface area contributed by atoms with Gasteiger partial charge in [-0.3, -0.25) is 19.3 Å². The van der Waals surface area contributed by atoms with Crippen LogP contribution in [0, 0.1) is 5.92 Å². The van der Waals surface area contributed by atoms with Crippen LogP contribution >= 0.6 is 23.2 Å². The molecule has 0 bridgehead atoms. The summed E-state index contributed by atoms with van der Waals surface area (Å²) in [5.74, 6) is -0.751. The van der Waals surface area contributed by atoms with Crippen molar-refractivity contribution in [2.45, 2.75) is 64.1 Å². The van der Waals surface area contributed by atoms with Gasteiger partial charge in [0.15, 0.2) is 0 Å². The van der Waals surface area contributed by atoms with Gasteiger partial charge in [0.25, 0.3) is 11.8 Å². The molecule has 7 nitrogen and oxygen atoms in total. The fourth-order valence-corrected chi connectivity index (χ4v) is 5.06. The van der Waals surface area contributed by atoms with E-state index in [-0.39, 0.29) is 40.7 Å². The van der Waals surface area contributed by atoms with Gasteiger partial charge >= 0.3 is 0 Å². The highest BCUT2D eigenvalue weighted by Crippen LogP contribution is 2.36. The highest BCUT2D eigenvalue weighted by atomic mass is 35.5. The van der Waals surface area contributed by atoms with Crippen molar-refractivity contribution >= 4 is 52.3 Å². The molecule has 2 aromatic rings. The van der Waals surface area contributed by atoms with Gasteiger partial charge in [-0.2, -0.15) is 0 Å². The Labute approximate surface area is 215 Å². The van der Waals surface area contributed by atoms with Crippen molar-refractivity contribution in [3.63, 3.8) is 0 Å². The van der Waals surface area contributed by atoms with E-state index in [1.807, 2.05) is 13.8 Å². The number of nitrogens with two attached hydrogens (primary N) is 1. The van der Waals surface area contributed by atoms with Gasteiger partial charge in [-0.05, 0) is 61.6 Å². The number of amides is 3.